The van der Waals surface area contributed by atoms with Crippen LogP contribution in [0.15, 0.2) is 71.7 Å². The maximum Gasteiger partial charge on any atom is 0.119 e. The number of aromatic nitrogens is 3. The van der Waals surface area contributed by atoms with Crippen molar-refractivity contribution < 1.29 is 4.74 Å². The summed E-state index contributed by atoms with van der Waals surface area (Å²) in [4.78, 5) is 9.00. The normalized spacial score (nSPS) is 10.9. The molecular formula is C19H14BrN3O. The van der Waals surface area contributed by atoms with Crippen molar-refractivity contribution in [1.82, 2.24) is 14.5 Å². The Hall–Kier alpha value is -2.66. The quantitative estimate of drug-likeness (QED) is 0.510. The Morgan fingerprint density at radius 1 is 1.08 bits per heavy atom. The summed E-state index contributed by atoms with van der Waals surface area (Å²) >= 11 is 3.53. The molecule has 0 fully saturated rings. The van der Waals surface area contributed by atoms with Gasteiger partial charge in [-0.15, -0.1) is 0 Å². The summed E-state index contributed by atoms with van der Waals surface area (Å²) in [7, 11) is 1.67. The van der Waals surface area contributed by atoms with Crippen LogP contribution in [0.3, 0.4) is 0 Å². The van der Waals surface area contributed by atoms with Gasteiger partial charge >= 0.3 is 0 Å². The monoisotopic (exact) mass is 379 g/mol. The van der Waals surface area contributed by atoms with Crippen LogP contribution in [0.5, 0.6) is 5.75 Å². The fourth-order valence-corrected chi connectivity index (χ4v) is 3.08. The zero-order valence-electron chi connectivity index (χ0n) is 13.0. The lowest BCUT2D eigenvalue weighted by Crippen LogP contribution is -1.96. The predicted molar refractivity (Wildman–Crippen MR) is 98.6 cm³/mol. The van der Waals surface area contributed by atoms with E-state index in [4.69, 9.17) is 9.72 Å². The minimum absolute atomic E-state index is 0.813. The third kappa shape index (κ3) is 2.67. The second kappa shape index (κ2) is 6.09. The van der Waals surface area contributed by atoms with Gasteiger partial charge in [-0.3, -0.25) is 0 Å². The molecule has 0 aliphatic carbocycles. The number of imidazole rings is 1. The number of hydrogen-bond donors (Lipinski definition) is 0. The molecule has 118 valence electrons. The molecule has 5 heteroatoms. The van der Waals surface area contributed by atoms with Gasteiger partial charge in [-0.25, -0.2) is 9.97 Å². The van der Waals surface area contributed by atoms with Crippen molar-refractivity contribution in [3.8, 4) is 22.7 Å². The number of halogens is 1. The van der Waals surface area contributed by atoms with Crippen molar-refractivity contribution in [1.29, 1.82) is 0 Å². The standard InChI is InChI=1S/C19H14BrN3O/c1-24-15-4-2-3-13(9-15)17-11-19(23-8-7-21-12-23)16-6-5-14(20)10-18(16)22-17/h2-12H,1H3. The first-order chi connectivity index (χ1) is 11.7. The molecule has 0 unspecified atom stereocenters. The van der Waals surface area contributed by atoms with E-state index in [1.807, 2.05) is 47.2 Å². The molecule has 0 radical (unpaired) electrons. The number of pyridine rings is 1. The van der Waals surface area contributed by atoms with E-state index in [0.717, 1.165) is 38.1 Å². The lowest BCUT2D eigenvalue weighted by atomic mass is 10.1. The highest BCUT2D eigenvalue weighted by molar-refractivity contribution is 9.10. The average molecular weight is 380 g/mol. The summed E-state index contributed by atoms with van der Waals surface area (Å²) in [6, 6.07) is 16.1. The maximum absolute atomic E-state index is 5.33. The van der Waals surface area contributed by atoms with Gasteiger partial charge in [0, 0.05) is 27.8 Å². The van der Waals surface area contributed by atoms with Crippen LogP contribution in [0.25, 0.3) is 27.8 Å². The van der Waals surface area contributed by atoms with Gasteiger partial charge in [-0.2, -0.15) is 0 Å². The smallest absolute Gasteiger partial charge is 0.119 e. The molecule has 0 spiro atoms. The average Bonchev–Trinajstić information content (AvgIpc) is 3.15. The van der Waals surface area contributed by atoms with Crippen LogP contribution < -0.4 is 4.74 Å². The molecule has 4 aromatic rings. The number of nitrogens with zero attached hydrogens (tertiary/aromatic N) is 3. The largest absolute Gasteiger partial charge is 0.497 e. The fraction of sp³-hybridized carbons (Fsp3) is 0.0526. The first-order valence-electron chi connectivity index (χ1n) is 7.48. The van der Waals surface area contributed by atoms with Crippen LogP contribution in [0.2, 0.25) is 0 Å². The number of benzene rings is 2. The fourth-order valence-electron chi connectivity index (χ4n) is 2.73. The number of rotatable bonds is 3. The second-order valence-corrected chi connectivity index (χ2v) is 6.31. The molecule has 0 aliphatic rings. The second-order valence-electron chi connectivity index (χ2n) is 5.39. The number of hydrogen-bond acceptors (Lipinski definition) is 3. The van der Waals surface area contributed by atoms with Crippen LogP contribution in [0, 0.1) is 0 Å². The molecule has 0 saturated heterocycles. The highest BCUT2D eigenvalue weighted by Gasteiger charge is 2.10. The van der Waals surface area contributed by atoms with Crippen LogP contribution in [-0.4, -0.2) is 21.6 Å². The van der Waals surface area contributed by atoms with Crippen molar-refractivity contribution in [2.75, 3.05) is 7.11 Å². The molecule has 24 heavy (non-hydrogen) atoms. The number of fused-ring (bicyclic) bond motifs is 1. The Morgan fingerprint density at radius 3 is 2.79 bits per heavy atom. The summed E-state index contributed by atoms with van der Waals surface area (Å²) in [5, 5.41) is 1.07. The minimum Gasteiger partial charge on any atom is -0.497 e. The number of ether oxygens (including phenoxy) is 1. The first kappa shape index (κ1) is 14.9. The topological polar surface area (TPSA) is 39.9 Å². The van der Waals surface area contributed by atoms with Gasteiger partial charge in [-0.05, 0) is 36.4 Å². The molecule has 4 rings (SSSR count). The van der Waals surface area contributed by atoms with Gasteiger partial charge in [0.1, 0.15) is 5.75 Å². The lowest BCUT2D eigenvalue weighted by Gasteiger charge is -2.11. The van der Waals surface area contributed by atoms with Crippen LogP contribution in [-0.2, 0) is 0 Å². The van der Waals surface area contributed by atoms with Crippen molar-refractivity contribution in [2.45, 2.75) is 0 Å². The van der Waals surface area contributed by atoms with Crippen molar-refractivity contribution >= 4 is 26.8 Å². The predicted octanol–water partition coefficient (Wildman–Crippen LogP) is 4.86. The van der Waals surface area contributed by atoms with Gasteiger partial charge in [0.2, 0.25) is 0 Å². The van der Waals surface area contributed by atoms with E-state index in [0.29, 0.717) is 0 Å². The Balaban J connectivity index is 1.99. The van der Waals surface area contributed by atoms with Crippen molar-refractivity contribution in [3.63, 3.8) is 0 Å². The molecule has 0 atom stereocenters. The summed E-state index contributed by atoms with van der Waals surface area (Å²) in [5.74, 6) is 0.813. The Labute approximate surface area is 147 Å². The van der Waals surface area contributed by atoms with Crippen LogP contribution in [0.1, 0.15) is 0 Å². The molecule has 0 N–H and O–H groups in total. The lowest BCUT2D eigenvalue weighted by molar-refractivity contribution is 0.415. The van der Waals surface area contributed by atoms with Gasteiger partial charge in [-0.1, -0.05) is 28.1 Å². The molecule has 0 aliphatic heterocycles. The molecular weight excluding hydrogens is 366 g/mol. The Bertz CT molecular complexity index is 1010. The molecule has 2 aromatic heterocycles. The SMILES string of the molecule is COc1cccc(-c2cc(-n3ccnc3)c3ccc(Br)cc3n2)c1. The van der Waals surface area contributed by atoms with E-state index in [-0.39, 0.29) is 0 Å². The summed E-state index contributed by atoms with van der Waals surface area (Å²) < 4.78 is 8.34. The van der Waals surface area contributed by atoms with Gasteiger partial charge in [0.25, 0.3) is 0 Å². The maximum atomic E-state index is 5.33. The molecule has 2 heterocycles. The van der Waals surface area contributed by atoms with E-state index < -0.39 is 0 Å². The summed E-state index contributed by atoms with van der Waals surface area (Å²) in [6.07, 6.45) is 5.51. The van der Waals surface area contributed by atoms with E-state index in [1.165, 1.54) is 0 Å². The van der Waals surface area contributed by atoms with E-state index in [1.54, 1.807) is 19.6 Å². The molecule has 2 aromatic carbocycles. The first-order valence-corrected chi connectivity index (χ1v) is 8.27. The zero-order chi connectivity index (χ0) is 16.5. The third-order valence-corrected chi connectivity index (χ3v) is 4.39. The molecule has 4 nitrogen and oxygen atoms in total. The minimum atomic E-state index is 0.813. The third-order valence-electron chi connectivity index (χ3n) is 3.90. The summed E-state index contributed by atoms with van der Waals surface area (Å²) in [6.45, 7) is 0. The summed E-state index contributed by atoms with van der Waals surface area (Å²) in [5.41, 5.74) is 3.87. The molecule has 0 amide bonds. The van der Waals surface area contributed by atoms with Crippen molar-refractivity contribution in [3.05, 3.63) is 71.7 Å². The van der Waals surface area contributed by atoms with Gasteiger partial charge in [0.15, 0.2) is 0 Å². The Morgan fingerprint density at radius 2 is 2.00 bits per heavy atom. The van der Waals surface area contributed by atoms with Gasteiger partial charge < -0.3 is 9.30 Å². The van der Waals surface area contributed by atoms with E-state index in [2.05, 4.69) is 33.0 Å². The zero-order valence-corrected chi connectivity index (χ0v) is 14.6. The van der Waals surface area contributed by atoms with Gasteiger partial charge in [0.05, 0.1) is 30.3 Å². The highest BCUT2D eigenvalue weighted by Crippen LogP contribution is 2.30. The van der Waals surface area contributed by atoms with Crippen LogP contribution >= 0.6 is 15.9 Å². The van der Waals surface area contributed by atoms with Crippen LogP contribution in [0.4, 0.5) is 0 Å². The number of methoxy groups -OCH3 is 1. The van der Waals surface area contributed by atoms with E-state index in [9.17, 15) is 0 Å². The Kier molecular flexibility index (Phi) is 3.78. The highest BCUT2D eigenvalue weighted by atomic mass is 79.9. The molecule has 0 bridgehead atoms. The van der Waals surface area contributed by atoms with Crippen molar-refractivity contribution in [2.24, 2.45) is 0 Å². The van der Waals surface area contributed by atoms with E-state index >= 15 is 0 Å². The molecule has 0 saturated carbocycles.